The maximum absolute atomic E-state index is 4.29. The summed E-state index contributed by atoms with van der Waals surface area (Å²) >= 11 is 1.73. The number of aromatic nitrogens is 2. The number of rotatable bonds is 7. The molecule has 0 saturated carbocycles. The molecule has 1 heterocycles. The van der Waals surface area contributed by atoms with E-state index in [-0.39, 0.29) is 0 Å². The normalized spacial score (nSPS) is 10.8. The standard InChI is InChI=1S/C15H21N3S/c1-3-9-16-10-8-14-17-18-15(19-14)11-13-7-5-4-6-12(13)2/h4-7,16H,3,8-11H2,1-2H3. The zero-order valence-electron chi connectivity index (χ0n) is 11.6. The van der Waals surface area contributed by atoms with Crippen molar-refractivity contribution in [3.8, 4) is 0 Å². The van der Waals surface area contributed by atoms with Crippen LogP contribution < -0.4 is 5.32 Å². The molecule has 0 fully saturated rings. The van der Waals surface area contributed by atoms with Crippen molar-refractivity contribution in [1.82, 2.24) is 15.5 Å². The molecule has 0 aliphatic heterocycles. The summed E-state index contributed by atoms with van der Waals surface area (Å²) in [6.07, 6.45) is 3.05. The lowest BCUT2D eigenvalue weighted by atomic mass is 10.1. The van der Waals surface area contributed by atoms with E-state index < -0.39 is 0 Å². The van der Waals surface area contributed by atoms with Gasteiger partial charge in [-0.05, 0) is 31.0 Å². The molecule has 1 aromatic heterocycles. The van der Waals surface area contributed by atoms with Crippen LogP contribution in [0.15, 0.2) is 24.3 Å². The molecule has 0 bridgehead atoms. The van der Waals surface area contributed by atoms with Gasteiger partial charge in [-0.1, -0.05) is 31.2 Å². The van der Waals surface area contributed by atoms with Gasteiger partial charge in [-0.25, -0.2) is 0 Å². The Kier molecular flexibility index (Phi) is 5.48. The van der Waals surface area contributed by atoms with E-state index >= 15 is 0 Å². The molecule has 0 saturated heterocycles. The molecule has 2 aromatic rings. The second-order valence-corrected chi connectivity index (χ2v) is 5.84. The fourth-order valence-corrected chi connectivity index (χ4v) is 2.80. The van der Waals surface area contributed by atoms with E-state index in [2.05, 4.69) is 53.6 Å². The molecule has 1 N–H and O–H groups in total. The van der Waals surface area contributed by atoms with Crippen LogP contribution in [0.5, 0.6) is 0 Å². The van der Waals surface area contributed by atoms with Crippen LogP contribution in [-0.2, 0) is 12.8 Å². The minimum atomic E-state index is 0.896. The number of nitrogens with zero attached hydrogens (tertiary/aromatic N) is 2. The van der Waals surface area contributed by atoms with Crippen molar-refractivity contribution in [2.24, 2.45) is 0 Å². The average molecular weight is 275 g/mol. The number of nitrogens with one attached hydrogen (secondary N) is 1. The Labute approximate surface area is 119 Å². The van der Waals surface area contributed by atoms with Gasteiger partial charge in [0, 0.05) is 19.4 Å². The van der Waals surface area contributed by atoms with Crippen molar-refractivity contribution >= 4 is 11.3 Å². The van der Waals surface area contributed by atoms with Gasteiger partial charge in [0.2, 0.25) is 0 Å². The first kappa shape index (κ1) is 14.2. The first-order chi connectivity index (χ1) is 9.29. The van der Waals surface area contributed by atoms with E-state index in [0.717, 1.165) is 35.9 Å². The molecule has 3 nitrogen and oxygen atoms in total. The van der Waals surface area contributed by atoms with Crippen molar-refractivity contribution in [2.75, 3.05) is 13.1 Å². The fraction of sp³-hybridized carbons (Fsp3) is 0.467. The van der Waals surface area contributed by atoms with E-state index in [1.807, 2.05) is 0 Å². The van der Waals surface area contributed by atoms with Crippen LogP contribution >= 0.6 is 11.3 Å². The van der Waals surface area contributed by atoms with Gasteiger partial charge in [0.15, 0.2) is 0 Å². The van der Waals surface area contributed by atoms with Gasteiger partial charge in [-0.15, -0.1) is 21.5 Å². The molecule has 0 spiro atoms. The Hall–Kier alpha value is -1.26. The lowest BCUT2D eigenvalue weighted by Gasteiger charge is -2.01. The lowest BCUT2D eigenvalue weighted by Crippen LogP contribution is -2.17. The molecule has 0 aliphatic rings. The molecule has 1 aromatic carbocycles. The highest BCUT2D eigenvalue weighted by Gasteiger charge is 2.06. The van der Waals surface area contributed by atoms with Gasteiger partial charge in [0.05, 0.1) is 0 Å². The summed E-state index contributed by atoms with van der Waals surface area (Å²) in [5.41, 5.74) is 2.66. The second-order valence-electron chi connectivity index (χ2n) is 4.69. The van der Waals surface area contributed by atoms with E-state index in [1.54, 1.807) is 11.3 Å². The largest absolute Gasteiger partial charge is 0.316 e. The molecular formula is C15H21N3S. The van der Waals surface area contributed by atoms with Crippen molar-refractivity contribution in [2.45, 2.75) is 33.1 Å². The van der Waals surface area contributed by atoms with E-state index in [1.165, 1.54) is 17.5 Å². The molecule has 0 radical (unpaired) electrons. The molecule has 0 atom stereocenters. The smallest absolute Gasteiger partial charge is 0.121 e. The number of hydrogen-bond acceptors (Lipinski definition) is 4. The molecule has 4 heteroatoms. The Morgan fingerprint density at radius 1 is 1.11 bits per heavy atom. The monoisotopic (exact) mass is 275 g/mol. The first-order valence-electron chi connectivity index (χ1n) is 6.86. The highest BCUT2D eigenvalue weighted by atomic mass is 32.1. The Bertz CT molecular complexity index is 508. The summed E-state index contributed by atoms with van der Waals surface area (Å²) in [6.45, 7) is 6.39. The third-order valence-electron chi connectivity index (χ3n) is 3.05. The van der Waals surface area contributed by atoms with Crippen LogP contribution in [0.1, 0.15) is 34.5 Å². The van der Waals surface area contributed by atoms with Gasteiger partial charge in [0.25, 0.3) is 0 Å². The minimum absolute atomic E-state index is 0.896. The van der Waals surface area contributed by atoms with Crippen molar-refractivity contribution in [1.29, 1.82) is 0 Å². The maximum atomic E-state index is 4.29. The van der Waals surface area contributed by atoms with Crippen molar-refractivity contribution in [3.05, 3.63) is 45.4 Å². The summed E-state index contributed by atoms with van der Waals surface area (Å²) in [5.74, 6) is 0. The zero-order chi connectivity index (χ0) is 13.5. The van der Waals surface area contributed by atoms with E-state index in [0.29, 0.717) is 0 Å². The first-order valence-corrected chi connectivity index (χ1v) is 7.67. The highest BCUT2D eigenvalue weighted by Crippen LogP contribution is 2.17. The topological polar surface area (TPSA) is 37.8 Å². The maximum Gasteiger partial charge on any atom is 0.121 e. The predicted molar refractivity (Wildman–Crippen MR) is 80.8 cm³/mol. The predicted octanol–water partition coefficient (Wildman–Crippen LogP) is 2.98. The second kappa shape index (κ2) is 7.36. The SMILES string of the molecule is CCCNCCc1nnc(Cc2ccccc2C)s1. The van der Waals surface area contributed by atoms with Crippen LogP contribution in [0.2, 0.25) is 0 Å². The van der Waals surface area contributed by atoms with Gasteiger partial charge in [0.1, 0.15) is 10.0 Å². The summed E-state index contributed by atoms with van der Waals surface area (Å²) in [5, 5.41) is 14.2. The molecular weight excluding hydrogens is 254 g/mol. The number of benzene rings is 1. The Morgan fingerprint density at radius 3 is 2.68 bits per heavy atom. The van der Waals surface area contributed by atoms with Crippen LogP contribution in [0.25, 0.3) is 0 Å². The molecule has 19 heavy (non-hydrogen) atoms. The van der Waals surface area contributed by atoms with Gasteiger partial charge < -0.3 is 5.32 Å². The Morgan fingerprint density at radius 2 is 1.89 bits per heavy atom. The summed E-state index contributed by atoms with van der Waals surface area (Å²) in [7, 11) is 0. The van der Waals surface area contributed by atoms with Gasteiger partial charge in [-0.2, -0.15) is 0 Å². The number of aryl methyl sites for hydroxylation is 1. The molecule has 2 rings (SSSR count). The van der Waals surface area contributed by atoms with Crippen LogP contribution in [-0.4, -0.2) is 23.3 Å². The minimum Gasteiger partial charge on any atom is -0.316 e. The van der Waals surface area contributed by atoms with Gasteiger partial charge >= 0.3 is 0 Å². The van der Waals surface area contributed by atoms with E-state index in [4.69, 9.17) is 0 Å². The summed E-state index contributed by atoms with van der Waals surface area (Å²) in [6, 6.07) is 8.47. The van der Waals surface area contributed by atoms with E-state index in [9.17, 15) is 0 Å². The van der Waals surface area contributed by atoms with Crippen LogP contribution in [0, 0.1) is 6.92 Å². The molecule has 102 valence electrons. The van der Waals surface area contributed by atoms with Crippen molar-refractivity contribution in [3.63, 3.8) is 0 Å². The highest BCUT2D eigenvalue weighted by molar-refractivity contribution is 7.11. The Balaban J connectivity index is 1.89. The van der Waals surface area contributed by atoms with Gasteiger partial charge in [-0.3, -0.25) is 0 Å². The van der Waals surface area contributed by atoms with Crippen molar-refractivity contribution < 1.29 is 0 Å². The third-order valence-corrected chi connectivity index (χ3v) is 4.04. The zero-order valence-corrected chi connectivity index (χ0v) is 12.5. The lowest BCUT2D eigenvalue weighted by molar-refractivity contribution is 0.667. The third kappa shape index (κ3) is 4.40. The fourth-order valence-electron chi connectivity index (χ4n) is 1.93. The van der Waals surface area contributed by atoms with Crippen LogP contribution in [0.4, 0.5) is 0 Å². The van der Waals surface area contributed by atoms with Crippen LogP contribution in [0.3, 0.4) is 0 Å². The molecule has 0 amide bonds. The quantitative estimate of drug-likeness (QED) is 0.789. The molecule has 0 unspecified atom stereocenters. The summed E-state index contributed by atoms with van der Waals surface area (Å²) in [4.78, 5) is 0. The molecule has 0 aliphatic carbocycles. The average Bonchev–Trinajstić information content (AvgIpc) is 2.85. The summed E-state index contributed by atoms with van der Waals surface area (Å²) < 4.78 is 0. The number of hydrogen-bond donors (Lipinski definition) is 1.